The third kappa shape index (κ3) is 6.09. The summed E-state index contributed by atoms with van der Waals surface area (Å²) < 4.78 is 45.2. The Bertz CT molecular complexity index is 629. The second-order valence-corrected chi connectivity index (χ2v) is 7.66. The Morgan fingerprint density at radius 3 is 2.50 bits per heavy atom. The van der Waals surface area contributed by atoms with Crippen LogP contribution in [-0.4, -0.2) is 67.4 Å². The quantitative estimate of drug-likeness (QED) is 0.573. The monoisotopic (exact) mass is 413 g/mol. The number of aromatic nitrogens is 2. The van der Waals surface area contributed by atoms with Gasteiger partial charge in [0.25, 0.3) is 0 Å². The first-order valence-corrected chi connectivity index (χ1v) is 9.59. The Morgan fingerprint density at radius 1 is 1.23 bits per heavy atom. The Balaban J connectivity index is 0.000000352. The van der Waals surface area contributed by atoms with Crippen LogP contribution >= 0.6 is 23.5 Å². The maximum Gasteiger partial charge on any atom is 0.414 e. The normalized spacial score (nSPS) is 24.7. The van der Waals surface area contributed by atoms with Crippen LogP contribution in [0, 0.1) is 5.92 Å². The highest BCUT2D eigenvalue weighted by Crippen LogP contribution is 2.41. The molecule has 0 amide bonds. The van der Waals surface area contributed by atoms with E-state index in [9.17, 15) is 13.2 Å². The number of hydrogen-bond donors (Lipinski definition) is 2. The Kier molecular flexibility index (Phi) is 7.24. The molecular weight excluding hydrogens is 395 g/mol. The van der Waals surface area contributed by atoms with Crippen molar-refractivity contribution in [3.63, 3.8) is 0 Å². The van der Waals surface area contributed by atoms with Crippen molar-refractivity contribution in [3.8, 4) is 0 Å². The lowest BCUT2D eigenvalue weighted by atomic mass is 9.89. The van der Waals surface area contributed by atoms with E-state index in [0.29, 0.717) is 11.8 Å². The van der Waals surface area contributed by atoms with Gasteiger partial charge in [-0.3, -0.25) is 0 Å². The molecular formula is C14H18F3N3O4S2. The minimum absolute atomic E-state index is 0.0308. The van der Waals surface area contributed by atoms with Gasteiger partial charge in [0.1, 0.15) is 5.03 Å². The summed E-state index contributed by atoms with van der Waals surface area (Å²) in [7, 11) is 0. The fourth-order valence-electron chi connectivity index (χ4n) is 3.10. The highest BCUT2D eigenvalue weighted by atomic mass is 32.2. The van der Waals surface area contributed by atoms with Crippen LogP contribution in [0.5, 0.6) is 0 Å². The lowest BCUT2D eigenvalue weighted by Crippen LogP contribution is -2.25. The van der Waals surface area contributed by atoms with Crippen LogP contribution < -0.4 is 0 Å². The highest BCUT2D eigenvalue weighted by molar-refractivity contribution is 7.99. The number of halogens is 3. The summed E-state index contributed by atoms with van der Waals surface area (Å²) in [5, 5.41) is 15.5. The third-order valence-electron chi connectivity index (χ3n) is 4.21. The van der Waals surface area contributed by atoms with Crippen LogP contribution in [0.25, 0.3) is 0 Å². The average Bonchev–Trinajstić information content (AvgIpc) is 3.10. The van der Waals surface area contributed by atoms with Crippen molar-refractivity contribution in [2.24, 2.45) is 5.92 Å². The van der Waals surface area contributed by atoms with E-state index in [4.69, 9.17) is 19.8 Å². The number of hydrogen-bond acceptors (Lipinski definition) is 7. The molecule has 2 bridgehead atoms. The number of carboxylic acid groups (broad SMARTS) is 2. The Hall–Kier alpha value is -1.40. The zero-order valence-electron chi connectivity index (χ0n) is 13.6. The number of carboxylic acids is 2. The molecule has 0 radical (unpaired) electrons. The van der Waals surface area contributed by atoms with E-state index in [1.807, 2.05) is 0 Å². The molecule has 0 aliphatic carbocycles. The molecule has 146 valence electrons. The summed E-state index contributed by atoms with van der Waals surface area (Å²) in [6.07, 6.45) is -2.44. The maximum absolute atomic E-state index is 12.2. The number of rotatable bonds is 4. The zero-order valence-corrected chi connectivity index (χ0v) is 15.2. The summed E-state index contributed by atoms with van der Waals surface area (Å²) in [4.78, 5) is 20.6. The van der Waals surface area contributed by atoms with Crippen LogP contribution in [-0.2, 0) is 9.59 Å². The number of thioether (sulfide) groups is 1. The van der Waals surface area contributed by atoms with Gasteiger partial charge in [-0.2, -0.15) is 21.9 Å². The highest BCUT2D eigenvalue weighted by Gasteiger charge is 2.39. The van der Waals surface area contributed by atoms with Gasteiger partial charge in [-0.25, -0.2) is 9.59 Å². The first-order valence-electron chi connectivity index (χ1n) is 7.88. The molecule has 2 aliphatic rings. The predicted molar refractivity (Wildman–Crippen MR) is 88.5 cm³/mol. The van der Waals surface area contributed by atoms with Crippen molar-refractivity contribution in [1.29, 1.82) is 0 Å². The molecule has 2 N–H and O–H groups in total. The van der Waals surface area contributed by atoms with E-state index in [0.717, 1.165) is 42.1 Å². The van der Waals surface area contributed by atoms with Gasteiger partial charge in [-0.15, -0.1) is 11.8 Å². The number of fused-ring (bicyclic) bond motifs is 2. The van der Waals surface area contributed by atoms with Crippen molar-refractivity contribution in [2.45, 2.75) is 36.4 Å². The number of nitrogens with zero attached hydrogens (tertiary/aromatic N) is 3. The van der Waals surface area contributed by atoms with Gasteiger partial charge >= 0.3 is 18.1 Å². The Morgan fingerprint density at radius 2 is 1.92 bits per heavy atom. The summed E-state index contributed by atoms with van der Waals surface area (Å²) in [5.41, 5.74) is 0.941. The average molecular weight is 413 g/mol. The van der Waals surface area contributed by atoms with Crippen LogP contribution in [0.1, 0.15) is 30.9 Å². The van der Waals surface area contributed by atoms with E-state index < -0.39 is 24.5 Å². The van der Waals surface area contributed by atoms with Crippen molar-refractivity contribution in [2.75, 3.05) is 25.4 Å². The molecule has 3 atom stereocenters. The second kappa shape index (κ2) is 9.00. The molecule has 3 rings (SSSR count). The summed E-state index contributed by atoms with van der Waals surface area (Å²) in [6.45, 7) is 3.23. The number of alkyl halides is 3. The number of piperidine rings is 1. The van der Waals surface area contributed by atoms with E-state index in [2.05, 4.69) is 13.6 Å². The molecule has 2 aliphatic heterocycles. The van der Waals surface area contributed by atoms with Gasteiger partial charge < -0.3 is 15.1 Å². The third-order valence-corrected chi connectivity index (χ3v) is 5.85. The first kappa shape index (κ1) is 20.9. The van der Waals surface area contributed by atoms with Gasteiger partial charge in [-0.1, -0.05) is 0 Å². The standard InChI is InChI=1S/C12H16F3N3S2.C2H2O4/c13-12(14,15)3-5-19-11-10(16-20-17-11)9-7-18-4-1-2-8(9)6-18;3-1(4)2(5)6/h8-9H,1-7H2;(H,3,4)(H,5,6). The van der Waals surface area contributed by atoms with Gasteiger partial charge in [-0.05, 0) is 25.3 Å². The topological polar surface area (TPSA) is 104 Å². The lowest BCUT2D eigenvalue weighted by Gasteiger charge is -2.21. The van der Waals surface area contributed by atoms with Gasteiger partial charge in [0.2, 0.25) is 0 Å². The maximum atomic E-state index is 12.2. The van der Waals surface area contributed by atoms with Crippen LogP contribution in [0.15, 0.2) is 5.03 Å². The lowest BCUT2D eigenvalue weighted by molar-refractivity contribution is -0.159. The molecule has 0 spiro atoms. The van der Waals surface area contributed by atoms with Crippen LogP contribution in [0.4, 0.5) is 13.2 Å². The smallest absolute Gasteiger partial charge is 0.414 e. The van der Waals surface area contributed by atoms with Gasteiger partial charge in [0, 0.05) is 24.8 Å². The van der Waals surface area contributed by atoms with E-state index >= 15 is 0 Å². The van der Waals surface area contributed by atoms with Crippen LogP contribution in [0.3, 0.4) is 0 Å². The fraction of sp³-hybridized carbons (Fsp3) is 0.714. The number of carbonyl (C=O) groups is 2. The molecule has 7 nitrogen and oxygen atoms in total. The molecule has 2 saturated heterocycles. The molecule has 0 saturated carbocycles. The largest absolute Gasteiger partial charge is 0.473 e. The molecule has 1 aromatic rings. The molecule has 0 aromatic carbocycles. The number of aliphatic carboxylic acids is 2. The van der Waals surface area contributed by atoms with E-state index in [1.54, 1.807) is 0 Å². The second-order valence-electron chi connectivity index (χ2n) is 6.05. The van der Waals surface area contributed by atoms with Crippen molar-refractivity contribution in [1.82, 2.24) is 13.6 Å². The van der Waals surface area contributed by atoms with Crippen LogP contribution in [0.2, 0.25) is 0 Å². The SMILES string of the molecule is FC(F)(F)CCSc1nsnc1C1CN2CCCC1C2.O=C(O)C(=O)O. The molecule has 3 unspecified atom stereocenters. The van der Waals surface area contributed by atoms with E-state index in [-0.39, 0.29) is 5.75 Å². The van der Waals surface area contributed by atoms with Gasteiger partial charge in [0.05, 0.1) is 23.8 Å². The van der Waals surface area contributed by atoms with Crippen molar-refractivity contribution in [3.05, 3.63) is 5.69 Å². The minimum atomic E-state index is -4.09. The minimum Gasteiger partial charge on any atom is -0.473 e. The molecule has 1 aromatic heterocycles. The summed E-state index contributed by atoms with van der Waals surface area (Å²) in [6, 6.07) is 0. The zero-order chi connectivity index (χ0) is 19.3. The Labute approximate surface area is 155 Å². The summed E-state index contributed by atoms with van der Waals surface area (Å²) in [5.74, 6) is -2.65. The fourth-order valence-corrected chi connectivity index (χ4v) is 4.86. The molecule has 2 fully saturated rings. The molecule has 12 heteroatoms. The predicted octanol–water partition coefficient (Wildman–Crippen LogP) is 2.55. The summed E-state index contributed by atoms with van der Waals surface area (Å²) >= 11 is 2.32. The van der Waals surface area contributed by atoms with Crippen molar-refractivity contribution < 1.29 is 33.0 Å². The molecule has 26 heavy (non-hydrogen) atoms. The molecule has 3 heterocycles. The van der Waals surface area contributed by atoms with E-state index in [1.165, 1.54) is 24.6 Å². The van der Waals surface area contributed by atoms with Gasteiger partial charge in [0.15, 0.2) is 0 Å². The van der Waals surface area contributed by atoms with Crippen molar-refractivity contribution >= 4 is 35.4 Å². The first-order chi connectivity index (χ1) is 12.2.